The lowest BCUT2D eigenvalue weighted by Crippen LogP contribution is -1.97. The average molecular weight is 1430 g/mol. The number of hydrogen-bond donors (Lipinski definition) is 0. The summed E-state index contributed by atoms with van der Waals surface area (Å²) in [5, 5.41) is 9.85. The molecule has 0 spiro atoms. The van der Waals surface area contributed by atoms with Crippen molar-refractivity contribution < 1.29 is 0 Å². The van der Waals surface area contributed by atoms with Crippen LogP contribution in [0.15, 0.2) is 413 Å². The van der Waals surface area contributed by atoms with Crippen molar-refractivity contribution in [3.05, 3.63) is 413 Å². The van der Waals surface area contributed by atoms with E-state index in [0.717, 1.165) is 95.6 Å². The average Bonchev–Trinajstić information content (AvgIpc) is 1.56. The normalized spacial score (nSPS) is 11.6. The van der Waals surface area contributed by atoms with E-state index in [4.69, 9.17) is 19.9 Å². The summed E-state index contributed by atoms with van der Waals surface area (Å²) in [5.74, 6) is 1.40. The number of benzene rings is 16. The molecule has 112 heavy (non-hydrogen) atoms. The van der Waals surface area contributed by atoms with Gasteiger partial charge in [-0.15, -0.1) is 0 Å². The van der Waals surface area contributed by atoms with Crippen molar-refractivity contribution in [1.82, 2.24) is 38.2 Å². The lowest BCUT2D eigenvalue weighted by atomic mass is 10.0. The number of nitrogens with zero attached hydrogens (tertiary/aromatic N) is 8. The fourth-order valence-electron chi connectivity index (χ4n) is 16.6. The molecule has 524 valence electrons. The lowest BCUT2D eigenvalue weighted by Gasteiger charge is -2.12. The van der Waals surface area contributed by atoms with Crippen molar-refractivity contribution in [2.75, 3.05) is 0 Å². The van der Waals surface area contributed by atoms with Gasteiger partial charge in [0.2, 0.25) is 0 Å². The van der Waals surface area contributed by atoms with Gasteiger partial charge in [-0.05, 0) is 138 Å². The minimum Gasteiger partial charge on any atom is -0.309 e. The number of hydrogen-bond acceptors (Lipinski definition) is 4. The summed E-state index contributed by atoms with van der Waals surface area (Å²) in [6, 6.07) is 146. The van der Waals surface area contributed by atoms with Crippen LogP contribution in [0.5, 0.6) is 0 Å². The molecular weight excluding hydrogens is 1360 g/mol. The highest BCUT2D eigenvalue weighted by atomic mass is 15.0. The Kier molecular flexibility index (Phi) is 16.1. The number of para-hydroxylation sites is 6. The van der Waals surface area contributed by atoms with Gasteiger partial charge < -0.3 is 18.3 Å². The fraction of sp³-hybridized carbons (Fsp3) is 0. The number of fused-ring (bicyclic) bond motifs is 12. The first-order chi connectivity index (χ1) is 55.5. The van der Waals surface area contributed by atoms with Gasteiger partial charge in [-0.3, -0.25) is 0 Å². The number of aromatic nitrogens is 8. The zero-order valence-electron chi connectivity index (χ0n) is 60.8. The second-order valence-electron chi connectivity index (χ2n) is 28.5. The van der Waals surface area contributed by atoms with Crippen molar-refractivity contribution in [3.63, 3.8) is 0 Å². The van der Waals surface area contributed by atoms with Crippen LogP contribution in [0.1, 0.15) is 0 Å². The highest BCUT2D eigenvalue weighted by Gasteiger charge is 2.23. The van der Waals surface area contributed by atoms with Gasteiger partial charge in [0.25, 0.3) is 0 Å². The maximum atomic E-state index is 5.20. The van der Waals surface area contributed by atoms with Crippen LogP contribution >= 0.6 is 0 Å². The first kappa shape index (κ1) is 65.2. The molecule has 0 radical (unpaired) electrons. The van der Waals surface area contributed by atoms with Crippen LogP contribution in [0.4, 0.5) is 0 Å². The van der Waals surface area contributed by atoms with E-state index in [1.165, 1.54) is 92.8 Å². The van der Waals surface area contributed by atoms with Gasteiger partial charge in [-0.2, -0.15) is 0 Å². The predicted molar refractivity (Wildman–Crippen MR) is 465 cm³/mol. The summed E-state index contributed by atoms with van der Waals surface area (Å²) in [6.07, 6.45) is 0. The molecule has 0 saturated carbocycles. The third-order valence-electron chi connectivity index (χ3n) is 21.9. The quantitative estimate of drug-likeness (QED) is 0.122. The van der Waals surface area contributed by atoms with E-state index in [1.54, 1.807) is 0 Å². The molecule has 0 unspecified atom stereocenters. The lowest BCUT2D eigenvalue weighted by molar-refractivity contribution is 1.17. The fourth-order valence-corrected chi connectivity index (χ4v) is 16.6. The van der Waals surface area contributed by atoms with Crippen molar-refractivity contribution in [2.24, 2.45) is 0 Å². The van der Waals surface area contributed by atoms with Crippen LogP contribution in [-0.2, 0) is 0 Å². The summed E-state index contributed by atoms with van der Waals surface area (Å²) in [5.41, 5.74) is 28.3. The van der Waals surface area contributed by atoms with Gasteiger partial charge in [0.05, 0.1) is 66.9 Å². The summed E-state index contributed by atoms with van der Waals surface area (Å²) in [7, 11) is 0. The molecule has 0 aliphatic carbocycles. The maximum absolute atomic E-state index is 5.20. The van der Waals surface area contributed by atoms with Crippen LogP contribution in [0.25, 0.3) is 200 Å². The molecule has 0 amide bonds. The zero-order chi connectivity index (χ0) is 74.0. The highest BCUT2D eigenvalue weighted by molar-refractivity contribution is 6.21. The van der Waals surface area contributed by atoms with Crippen molar-refractivity contribution in [2.45, 2.75) is 0 Å². The molecule has 6 heterocycles. The molecule has 0 saturated heterocycles. The second kappa shape index (κ2) is 27.6. The Labute approximate surface area is 646 Å². The van der Waals surface area contributed by atoms with Crippen LogP contribution < -0.4 is 0 Å². The Morgan fingerprint density at radius 1 is 0.134 bits per heavy atom. The number of rotatable bonds is 12. The van der Waals surface area contributed by atoms with Crippen molar-refractivity contribution in [1.29, 1.82) is 0 Å². The molecule has 0 bridgehead atoms. The minimum atomic E-state index is 0.698. The smallest absolute Gasteiger partial charge is 0.160 e. The highest BCUT2D eigenvalue weighted by Crippen LogP contribution is 2.44. The third kappa shape index (κ3) is 11.6. The molecule has 6 aromatic heterocycles. The summed E-state index contributed by atoms with van der Waals surface area (Å²) in [6.45, 7) is 0. The van der Waals surface area contributed by atoms with E-state index in [1.807, 2.05) is 24.3 Å². The first-order valence-electron chi connectivity index (χ1n) is 38.0. The van der Waals surface area contributed by atoms with Crippen LogP contribution in [0, 0.1) is 0 Å². The van der Waals surface area contributed by atoms with E-state index in [-0.39, 0.29) is 0 Å². The largest absolute Gasteiger partial charge is 0.309 e. The van der Waals surface area contributed by atoms with Gasteiger partial charge in [0.15, 0.2) is 11.6 Å². The molecule has 0 aliphatic rings. The van der Waals surface area contributed by atoms with E-state index in [9.17, 15) is 0 Å². The van der Waals surface area contributed by atoms with Gasteiger partial charge in [-0.1, -0.05) is 297 Å². The monoisotopic (exact) mass is 1430 g/mol. The molecular formula is C104H68N8. The molecule has 8 nitrogen and oxygen atoms in total. The third-order valence-corrected chi connectivity index (χ3v) is 21.9. The Hall–Kier alpha value is -15.1. The molecule has 0 atom stereocenters. The van der Waals surface area contributed by atoms with Crippen molar-refractivity contribution >= 4 is 87.2 Å². The van der Waals surface area contributed by atoms with Crippen LogP contribution in [0.3, 0.4) is 0 Å². The van der Waals surface area contributed by atoms with Gasteiger partial charge >= 0.3 is 0 Å². The van der Waals surface area contributed by atoms with Crippen LogP contribution in [0.2, 0.25) is 0 Å². The maximum Gasteiger partial charge on any atom is 0.160 e. The molecule has 0 fully saturated rings. The van der Waals surface area contributed by atoms with Gasteiger partial charge in [0, 0.05) is 99.2 Å². The van der Waals surface area contributed by atoms with Gasteiger partial charge in [0.1, 0.15) is 0 Å². The summed E-state index contributed by atoms with van der Waals surface area (Å²) < 4.78 is 9.58. The Bertz CT molecular complexity index is 7290. The minimum absolute atomic E-state index is 0.698. The molecule has 8 heteroatoms. The zero-order valence-corrected chi connectivity index (χ0v) is 60.8. The Morgan fingerprint density at radius 3 is 0.714 bits per heavy atom. The Morgan fingerprint density at radius 2 is 0.366 bits per heavy atom. The topological polar surface area (TPSA) is 71.3 Å². The standard InChI is InChI=1S/2C52H34N4/c1-4-15-35(16-5-1)38-19-14-20-39(31-38)52-53-46(36-17-6-2-7-18-36)34-47(54-52)37-27-29-41(30-28-37)56-49-26-13-11-24-43(49)45-32-50-44(33-51(45)56)42-23-10-12-25-48(42)55(50)40-21-8-3-9-22-40;1-4-14-35(15-5-1)36-24-26-39(27-25-36)52-53-46(37-16-6-2-7-17-37)34-47(54-52)38-28-30-41(31-29-38)56-49-23-13-11-21-43(49)45-32-50-44(33-51(45)56)42-20-10-12-22-48(42)55(50)40-18-8-3-9-19-40/h2*1-34H. The summed E-state index contributed by atoms with van der Waals surface area (Å²) in [4.78, 5) is 20.6. The van der Waals surface area contributed by atoms with E-state index in [0.29, 0.717) is 11.6 Å². The van der Waals surface area contributed by atoms with E-state index < -0.39 is 0 Å². The van der Waals surface area contributed by atoms with Gasteiger partial charge in [-0.25, -0.2) is 19.9 Å². The van der Waals surface area contributed by atoms with E-state index >= 15 is 0 Å². The molecule has 22 aromatic rings. The SMILES string of the molecule is c1ccc(-c2ccc(-c3nc(-c4ccccc4)cc(-c4ccc(-n5c6ccccc6c6cc7c(cc65)c5ccccc5n7-c5ccccc5)cc4)n3)cc2)cc1.c1ccc(-c2cccc(-c3nc(-c4ccccc4)cc(-c4ccc(-n5c6ccccc6c6cc7c(cc65)c5ccccc5n7-c5ccccc5)cc4)n3)c2)cc1. The Balaban J connectivity index is 0.000000141. The first-order valence-corrected chi connectivity index (χ1v) is 38.0. The predicted octanol–water partition coefficient (Wildman–Crippen LogP) is 26.7. The van der Waals surface area contributed by atoms with Crippen molar-refractivity contribution in [3.8, 4) is 113 Å². The molecule has 22 rings (SSSR count). The molecule has 16 aromatic carbocycles. The molecule has 0 aliphatic heterocycles. The summed E-state index contributed by atoms with van der Waals surface area (Å²) >= 11 is 0. The molecule has 0 N–H and O–H groups in total. The van der Waals surface area contributed by atoms with E-state index in [2.05, 4.69) is 407 Å². The van der Waals surface area contributed by atoms with Crippen LogP contribution in [-0.4, -0.2) is 38.2 Å². The second-order valence-corrected chi connectivity index (χ2v) is 28.5.